The molecule has 192 valence electrons. The van der Waals surface area contributed by atoms with Crippen molar-refractivity contribution < 1.29 is 14.7 Å². The van der Waals surface area contributed by atoms with Gasteiger partial charge in [-0.2, -0.15) is 0 Å². The van der Waals surface area contributed by atoms with Gasteiger partial charge in [0.25, 0.3) is 5.91 Å². The highest BCUT2D eigenvalue weighted by atomic mass is 28.3. The van der Waals surface area contributed by atoms with Gasteiger partial charge in [-0.3, -0.25) is 4.79 Å². The van der Waals surface area contributed by atoms with E-state index < -0.39 is 8.07 Å². The van der Waals surface area contributed by atoms with E-state index in [1.807, 2.05) is 65.6 Å². The van der Waals surface area contributed by atoms with Crippen LogP contribution in [-0.4, -0.2) is 37.4 Å². The van der Waals surface area contributed by atoms with Crippen LogP contribution >= 0.6 is 0 Å². The molecule has 0 aliphatic carbocycles. The van der Waals surface area contributed by atoms with Crippen LogP contribution in [0.4, 0.5) is 5.69 Å². The number of hydrogen-bond acceptors (Lipinski definition) is 4. The number of aliphatic hydroxyl groups is 1. The molecular formula is C31H36N2O3Si. The molecule has 1 atom stereocenters. The SMILES string of the molecule is C.C/C1=C(\[Si](C)(C)C)c2ccccc2C(=O)N(CC2CC(c3ccc(CO)cc3)=NO2)c2ccccc21. The lowest BCUT2D eigenvalue weighted by molar-refractivity contribution is 0.0817. The Morgan fingerprint density at radius 1 is 0.946 bits per heavy atom. The van der Waals surface area contributed by atoms with Crippen molar-refractivity contribution >= 4 is 36.1 Å². The Hall–Kier alpha value is -3.48. The molecule has 2 aliphatic rings. The molecule has 0 radical (unpaired) electrons. The first kappa shape index (κ1) is 26.6. The van der Waals surface area contributed by atoms with Crippen LogP contribution in [0.3, 0.4) is 0 Å². The first-order valence-electron chi connectivity index (χ1n) is 12.4. The number of carbonyl (C=O) groups excluding carboxylic acids is 1. The van der Waals surface area contributed by atoms with Crippen LogP contribution < -0.4 is 4.90 Å². The van der Waals surface area contributed by atoms with Crippen LogP contribution in [0.15, 0.2) is 78.0 Å². The Labute approximate surface area is 221 Å². The molecule has 0 aromatic heterocycles. The second-order valence-corrected chi connectivity index (χ2v) is 15.6. The molecule has 1 N–H and O–H groups in total. The lowest BCUT2D eigenvalue weighted by atomic mass is 9.94. The third kappa shape index (κ3) is 5.04. The molecule has 1 unspecified atom stereocenters. The molecule has 0 bridgehead atoms. The van der Waals surface area contributed by atoms with Crippen LogP contribution in [0.2, 0.25) is 19.6 Å². The van der Waals surface area contributed by atoms with Gasteiger partial charge in [-0.05, 0) is 46.5 Å². The zero-order chi connectivity index (χ0) is 25.4. The van der Waals surface area contributed by atoms with Crippen molar-refractivity contribution in [2.24, 2.45) is 5.16 Å². The maximum Gasteiger partial charge on any atom is 0.259 e. The highest BCUT2D eigenvalue weighted by Crippen LogP contribution is 2.41. The number of allylic oxidation sites excluding steroid dienone is 1. The van der Waals surface area contributed by atoms with Crippen LogP contribution in [-0.2, 0) is 11.4 Å². The van der Waals surface area contributed by atoms with Gasteiger partial charge < -0.3 is 14.8 Å². The molecule has 3 aromatic carbocycles. The van der Waals surface area contributed by atoms with Crippen LogP contribution in [0, 0.1) is 0 Å². The average Bonchev–Trinajstić information content (AvgIpc) is 3.35. The van der Waals surface area contributed by atoms with Gasteiger partial charge in [0.05, 0.1) is 32.6 Å². The Morgan fingerprint density at radius 3 is 2.22 bits per heavy atom. The predicted molar refractivity (Wildman–Crippen MR) is 156 cm³/mol. The molecule has 0 saturated heterocycles. The van der Waals surface area contributed by atoms with E-state index in [0.29, 0.717) is 13.0 Å². The van der Waals surface area contributed by atoms with E-state index in [4.69, 9.17) is 4.84 Å². The molecular weight excluding hydrogens is 476 g/mol. The van der Waals surface area contributed by atoms with Gasteiger partial charge in [-0.1, -0.05) is 92.9 Å². The zero-order valence-corrected chi connectivity index (χ0v) is 22.3. The average molecular weight is 513 g/mol. The fourth-order valence-electron chi connectivity index (χ4n) is 5.36. The summed E-state index contributed by atoms with van der Waals surface area (Å²) < 4.78 is 0. The molecule has 37 heavy (non-hydrogen) atoms. The minimum Gasteiger partial charge on any atom is -0.392 e. The number of nitrogens with zero attached hydrogens (tertiary/aromatic N) is 2. The number of rotatable bonds is 5. The third-order valence-electron chi connectivity index (χ3n) is 6.98. The number of aliphatic hydroxyl groups excluding tert-OH is 1. The first-order valence-corrected chi connectivity index (χ1v) is 15.9. The van der Waals surface area contributed by atoms with Crippen molar-refractivity contribution in [3.8, 4) is 0 Å². The van der Waals surface area contributed by atoms with Crippen molar-refractivity contribution in [2.45, 2.75) is 53.1 Å². The molecule has 6 heteroatoms. The van der Waals surface area contributed by atoms with Crippen LogP contribution in [0.25, 0.3) is 10.8 Å². The highest BCUT2D eigenvalue weighted by Gasteiger charge is 2.35. The van der Waals surface area contributed by atoms with E-state index in [2.05, 4.69) is 43.9 Å². The van der Waals surface area contributed by atoms with Gasteiger partial charge in [-0.25, -0.2) is 0 Å². The first-order chi connectivity index (χ1) is 17.3. The van der Waals surface area contributed by atoms with Crippen molar-refractivity contribution in [1.29, 1.82) is 0 Å². The van der Waals surface area contributed by atoms with E-state index in [1.165, 1.54) is 10.8 Å². The Morgan fingerprint density at radius 2 is 1.57 bits per heavy atom. The van der Waals surface area contributed by atoms with Crippen LogP contribution in [0.5, 0.6) is 0 Å². The minimum absolute atomic E-state index is 0. The van der Waals surface area contributed by atoms with Crippen molar-refractivity contribution in [1.82, 2.24) is 0 Å². The summed E-state index contributed by atoms with van der Waals surface area (Å²) in [6.45, 7) is 9.63. The summed E-state index contributed by atoms with van der Waals surface area (Å²) in [5.41, 5.74) is 7.72. The molecule has 0 saturated carbocycles. The Bertz CT molecular complexity index is 1370. The fraction of sp³-hybridized carbons (Fsp3) is 0.290. The summed E-state index contributed by atoms with van der Waals surface area (Å²) in [7, 11) is -1.78. The number of benzene rings is 3. The normalized spacial score (nSPS) is 19.2. The predicted octanol–water partition coefficient (Wildman–Crippen LogP) is 6.78. The largest absolute Gasteiger partial charge is 0.392 e. The van der Waals surface area contributed by atoms with E-state index in [0.717, 1.165) is 39.2 Å². The summed E-state index contributed by atoms with van der Waals surface area (Å²) in [6, 6.07) is 23.9. The zero-order valence-electron chi connectivity index (χ0n) is 21.3. The number of para-hydroxylation sites is 1. The second-order valence-electron chi connectivity index (χ2n) is 10.6. The van der Waals surface area contributed by atoms with Crippen molar-refractivity contribution in [3.05, 3.63) is 101 Å². The van der Waals surface area contributed by atoms with Gasteiger partial charge in [0.2, 0.25) is 0 Å². The van der Waals surface area contributed by atoms with E-state index in [-0.39, 0.29) is 26.0 Å². The highest BCUT2D eigenvalue weighted by molar-refractivity contribution is 6.95. The van der Waals surface area contributed by atoms with E-state index in [9.17, 15) is 9.90 Å². The molecule has 0 spiro atoms. The summed E-state index contributed by atoms with van der Waals surface area (Å²) in [4.78, 5) is 21.9. The lowest BCUT2D eigenvalue weighted by Crippen LogP contribution is -2.40. The molecule has 2 aliphatic heterocycles. The number of carbonyl (C=O) groups is 1. The Balaban J connectivity index is 0.00000320. The second kappa shape index (κ2) is 10.5. The standard InChI is InChI=1S/C30H32N2O3Si.CH4/c1-20-24-9-7-8-12-28(24)32(30(34)26-11-6-5-10-25(26)29(20)36(2,3)4)18-23-17-27(31-35-23)22-15-13-21(19-33)14-16-22;/h5-16,23,33H,17-19H2,1-4H3;1H4/b29-20+;. The van der Waals surface area contributed by atoms with Gasteiger partial charge in [-0.15, -0.1) is 0 Å². The number of fused-ring (bicyclic) bond motifs is 2. The summed E-state index contributed by atoms with van der Waals surface area (Å²) in [5, 5.41) is 15.0. The van der Waals surface area contributed by atoms with Gasteiger partial charge in [0.15, 0.2) is 6.10 Å². The van der Waals surface area contributed by atoms with Crippen molar-refractivity contribution in [3.63, 3.8) is 0 Å². The summed E-state index contributed by atoms with van der Waals surface area (Å²) >= 11 is 0. The minimum atomic E-state index is -1.78. The number of amides is 1. The molecule has 5 nitrogen and oxygen atoms in total. The van der Waals surface area contributed by atoms with Gasteiger partial charge >= 0.3 is 0 Å². The molecule has 3 aromatic rings. The maximum atomic E-state index is 14.1. The molecule has 5 rings (SSSR count). The fourth-order valence-corrected chi connectivity index (χ4v) is 7.64. The summed E-state index contributed by atoms with van der Waals surface area (Å²) in [6.07, 6.45) is 0.364. The number of oxime groups is 1. The topological polar surface area (TPSA) is 62.1 Å². The quantitative estimate of drug-likeness (QED) is 0.384. The molecule has 1 amide bonds. The van der Waals surface area contributed by atoms with E-state index >= 15 is 0 Å². The molecule has 0 fully saturated rings. The van der Waals surface area contributed by atoms with Crippen molar-refractivity contribution in [2.75, 3.05) is 11.4 Å². The van der Waals surface area contributed by atoms with Gasteiger partial charge in [0, 0.05) is 17.5 Å². The van der Waals surface area contributed by atoms with E-state index in [1.54, 1.807) is 0 Å². The monoisotopic (exact) mass is 512 g/mol. The smallest absolute Gasteiger partial charge is 0.259 e. The maximum absolute atomic E-state index is 14.1. The van der Waals surface area contributed by atoms with Crippen LogP contribution in [0.1, 0.15) is 53.4 Å². The molecule has 2 heterocycles. The Kier molecular flexibility index (Phi) is 7.53. The lowest BCUT2D eigenvalue weighted by Gasteiger charge is -2.34. The summed E-state index contributed by atoms with van der Waals surface area (Å²) in [5.74, 6) is -0.00866. The number of anilines is 1. The van der Waals surface area contributed by atoms with Gasteiger partial charge in [0.1, 0.15) is 0 Å². The third-order valence-corrected chi connectivity index (χ3v) is 9.13. The number of hydrogen-bond donors (Lipinski definition) is 1.